The highest BCUT2D eigenvalue weighted by molar-refractivity contribution is 6.04. The number of hydrogen-bond acceptors (Lipinski definition) is 3. The predicted octanol–water partition coefficient (Wildman–Crippen LogP) is 1.43. The summed E-state index contributed by atoms with van der Waals surface area (Å²) in [5, 5.41) is 4.02. The van der Waals surface area contributed by atoms with Crippen molar-refractivity contribution in [1.82, 2.24) is 5.43 Å². The fourth-order valence-electron chi connectivity index (χ4n) is 1.78. The SMILES string of the molecule is CC(=O)Cc1ccc(C2=NNC(=O)CC2)cc1. The molecule has 4 heteroatoms. The molecule has 4 nitrogen and oxygen atoms in total. The van der Waals surface area contributed by atoms with Crippen molar-refractivity contribution in [3.8, 4) is 0 Å². The molecule has 2 rings (SSSR count). The molecule has 0 saturated heterocycles. The molecule has 1 amide bonds. The molecule has 0 aliphatic carbocycles. The summed E-state index contributed by atoms with van der Waals surface area (Å²) in [4.78, 5) is 21.9. The Labute approximate surface area is 99.7 Å². The van der Waals surface area contributed by atoms with E-state index < -0.39 is 0 Å². The van der Waals surface area contributed by atoms with Crippen molar-refractivity contribution >= 4 is 17.4 Å². The fraction of sp³-hybridized carbons (Fsp3) is 0.308. The van der Waals surface area contributed by atoms with E-state index in [0.717, 1.165) is 16.8 Å². The van der Waals surface area contributed by atoms with Gasteiger partial charge in [0.1, 0.15) is 5.78 Å². The van der Waals surface area contributed by atoms with Gasteiger partial charge in [-0.1, -0.05) is 24.3 Å². The highest BCUT2D eigenvalue weighted by atomic mass is 16.2. The van der Waals surface area contributed by atoms with Gasteiger partial charge in [0.05, 0.1) is 5.71 Å². The molecule has 0 atom stereocenters. The molecular formula is C13H14N2O2. The number of rotatable bonds is 3. The van der Waals surface area contributed by atoms with Crippen LogP contribution >= 0.6 is 0 Å². The van der Waals surface area contributed by atoms with Crippen molar-refractivity contribution in [1.29, 1.82) is 0 Å². The summed E-state index contributed by atoms with van der Waals surface area (Å²) in [7, 11) is 0. The molecule has 1 N–H and O–H groups in total. The third-order valence-corrected chi connectivity index (χ3v) is 2.64. The number of carbonyl (C=O) groups excluding carboxylic acids is 2. The summed E-state index contributed by atoms with van der Waals surface area (Å²) >= 11 is 0. The summed E-state index contributed by atoms with van der Waals surface area (Å²) in [6.07, 6.45) is 1.61. The second-order valence-corrected chi connectivity index (χ2v) is 4.17. The largest absolute Gasteiger partial charge is 0.300 e. The van der Waals surface area contributed by atoms with Crippen LogP contribution in [0.4, 0.5) is 0 Å². The van der Waals surface area contributed by atoms with Crippen LogP contribution in [0.5, 0.6) is 0 Å². The summed E-state index contributed by atoms with van der Waals surface area (Å²) < 4.78 is 0. The van der Waals surface area contributed by atoms with Gasteiger partial charge in [0.2, 0.25) is 5.91 Å². The van der Waals surface area contributed by atoms with Gasteiger partial charge in [0.25, 0.3) is 0 Å². The number of carbonyl (C=O) groups is 2. The van der Waals surface area contributed by atoms with E-state index in [-0.39, 0.29) is 11.7 Å². The van der Waals surface area contributed by atoms with Crippen LogP contribution in [0.1, 0.15) is 30.9 Å². The minimum absolute atomic E-state index is 0.0399. The lowest BCUT2D eigenvalue weighted by atomic mass is 10.0. The number of benzene rings is 1. The van der Waals surface area contributed by atoms with Gasteiger partial charge >= 0.3 is 0 Å². The predicted molar refractivity (Wildman–Crippen MR) is 64.7 cm³/mol. The van der Waals surface area contributed by atoms with Crippen molar-refractivity contribution in [3.05, 3.63) is 35.4 Å². The summed E-state index contributed by atoms with van der Waals surface area (Å²) in [6.45, 7) is 1.58. The van der Waals surface area contributed by atoms with Crippen LogP contribution in [0.3, 0.4) is 0 Å². The maximum atomic E-state index is 11.0. The Balaban J connectivity index is 2.12. The number of hydrazone groups is 1. The van der Waals surface area contributed by atoms with E-state index in [0.29, 0.717) is 19.3 Å². The Bertz CT molecular complexity index is 475. The van der Waals surface area contributed by atoms with Crippen LogP contribution in [-0.4, -0.2) is 17.4 Å². The third-order valence-electron chi connectivity index (χ3n) is 2.64. The molecule has 0 aromatic heterocycles. The first-order valence-electron chi connectivity index (χ1n) is 5.59. The number of nitrogens with one attached hydrogen (secondary N) is 1. The average Bonchev–Trinajstić information content (AvgIpc) is 2.30. The zero-order valence-corrected chi connectivity index (χ0v) is 9.69. The van der Waals surface area contributed by atoms with E-state index in [1.165, 1.54) is 0 Å². The second-order valence-electron chi connectivity index (χ2n) is 4.17. The molecule has 1 aliphatic heterocycles. The second kappa shape index (κ2) is 4.91. The quantitative estimate of drug-likeness (QED) is 0.854. The monoisotopic (exact) mass is 230 g/mol. The van der Waals surface area contributed by atoms with Crippen LogP contribution in [0.25, 0.3) is 0 Å². The first kappa shape index (κ1) is 11.5. The summed E-state index contributed by atoms with van der Waals surface area (Å²) in [6, 6.07) is 7.73. The maximum Gasteiger partial charge on any atom is 0.240 e. The smallest absolute Gasteiger partial charge is 0.240 e. The molecule has 17 heavy (non-hydrogen) atoms. The first-order chi connectivity index (χ1) is 8.15. The van der Waals surface area contributed by atoms with E-state index in [4.69, 9.17) is 0 Å². The lowest BCUT2D eigenvalue weighted by Crippen LogP contribution is -2.25. The molecule has 0 fully saturated rings. The summed E-state index contributed by atoms with van der Waals surface area (Å²) in [5.41, 5.74) is 5.36. The Morgan fingerprint density at radius 1 is 1.29 bits per heavy atom. The lowest BCUT2D eigenvalue weighted by Gasteiger charge is -2.12. The van der Waals surface area contributed by atoms with Crippen molar-refractivity contribution in [2.45, 2.75) is 26.2 Å². The molecule has 0 spiro atoms. The Morgan fingerprint density at radius 3 is 2.53 bits per heavy atom. The van der Waals surface area contributed by atoms with E-state index >= 15 is 0 Å². The number of Topliss-reactive ketones (excluding diaryl/α,β-unsaturated/α-hetero) is 1. The number of amides is 1. The van der Waals surface area contributed by atoms with Gasteiger partial charge in [-0.2, -0.15) is 5.10 Å². The maximum absolute atomic E-state index is 11.0. The van der Waals surface area contributed by atoms with Crippen LogP contribution in [-0.2, 0) is 16.0 Å². The Kier molecular flexibility index (Phi) is 3.32. The van der Waals surface area contributed by atoms with Crippen LogP contribution in [0, 0.1) is 0 Å². The Hall–Kier alpha value is -1.97. The molecule has 0 unspecified atom stereocenters. The molecule has 0 saturated carbocycles. The highest BCUT2D eigenvalue weighted by Crippen LogP contribution is 2.12. The minimum atomic E-state index is -0.0399. The molecule has 88 valence electrons. The van der Waals surface area contributed by atoms with Crippen LogP contribution in [0.15, 0.2) is 29.4 Å². The molecule has 1 aromatic rings. The van der Waals surface area contributed by atoms with Gasteiger partial charge in [-0.25, -0.2) is 5.43 Å². The standard InChI is InChI=1S/C13H14N2O2/c1-9(16)8-10-2-4-11(5-3-10)12-6-7-13(17)15-14-12/h2-5H,6-8H2,1H3,(H,15,17). The normalized spacial score (nSPS) is 15.1. The molecule has 1 heterocycles. The van der Waals surface area contributed by atoms with E-state index in [9.17, 15) is 9.59 Å². The zero-order valence-electron chi connectivity index (χ0n) is 9.69. The van der Waals surface area contributed by atoms with E-state index in [1.54, 1.807) is 6.92 Å². The topological polar surface area (TPSA) is 58.5 Å². The molecule has 1 aliphatic rings. The van der Waals surface area contributed by atoms with Gasteiger partial charge in [-0.15, -0.1) is 0 Å². The van der Waals surface area contributed by atoms with Gasteiger partial charge in [-0.05, 0) is 18.1 Å². The van der Waals surface area contributed by atoms with Crippen molar-refractivity contribution in [2.24, 2.45) is 5.10 Å². The van der Waals surface area contributed by atoms with Gasteiger partial charge in [-0.3, -0.25) is 9.59 Å². The average molecular weight is 230 g/mol. The van der Waals surface area contributed by atoms with Crippen molar-refractivity contribution < 1.29 is 9.59 Å². The van der Waals surface area contributed by atoms with E-state index in [2.05, 4.69) is 10.5 Å². The number of nitrogens with zero attached hydrogens (tertiary/aromatic N) is 1. The van der Waals surface area contributed by atoms with Crippen LogP contribution in [0.2, 0.25) is 0 Å². The fourth-order valence-corrected chi connectivity index (χ4v) is 1.78. The first-order valence-corrected chi connectivity index (χ1v) is 5.59. The van der Waals surface area contributed by atoms with Gasteiger partial charge in [0.15, 0.2) is 0 Å². The molecular weight excluding hydrogens is 216 g/mol. The highest BCUT2D eigenvalue weighted by Gasteiger charge is 2.12. The Morgan fingerprint density at radius 2 is 2.00 bits per heavy atom. The van der Waals surface area contributed by atoms with Gasteiger partial charge in [0, 0.05) is 19.3 Å². The van der Waals surface area contributed by atoms with Crippen molar-refractivity contribution in [2.75, 3.05) is 0 Å². The number of hydrogen-bond donors (Lipinski definition) is 1. The molecule has 0 radical (unpaired) electrons. The molecule has 1 aromatic carbocycles. The van der Waals surface area contributed by atoms with Crippen LogP contribution < -0.4 is 5.43 Å². The molecule has 0 bridgehead atoms. The number of ketones is 1. The van der Waals surface area contributed by atoms with E-state index in [1.807, 2.05) is 24.3 Å². The zero-order chi connectivity index (χ0) is 12.3. The van der Waals surface area contributed by atoms with Gasteiger partial charge < -0.3 is 0 Å². The summed E-state index contributed by atoms with van der Waals surface area (Å²) in [5.74, 6) is 0.113. The minimum Gasteiger partial charge on any atom is -0.300 e. The lowest BCUT2D eigenvalue weighted by molar-refractivity contribution is -0.121. The third kappa shape index (κ3) is 3.00. The van der Waals surface area contributed by atoms with Crippen molar-refractivity contribution in [3.63, 3.8) is 0 Å².